The molecule has 170 valence electrons. The molecule has 1 heterocycles. The normalized spacial score (nSPS) is 10.7. The van der Waals surface area contributed by atoms with Crippen LogP contribution in [0.1, 0.15) is 5.56 Å². The van der Waals surface area contributed by atoms with Crippen LogP contribution in [0, 0.1) is 6.92 Å². The van der Waals surface area contributed by atoms with Gasteiger partial charge in [-0.05, 0) is 61.5 Å². The minimum atomic E-state index is 0.631. The first-order valence-electron chi connectivity index (χ1n) is 10.3. The van der Waals surface area contributed by atoms with Crippen molar-refractivity contribution >= 4 is 11.6 Å². The van der Waals surface area contributed by atoms with Crippen molar-refractivity contribution in [1.29, 1.82) is 0 Å². The number of hydrogen-bond donors (Lipinski definition) is 0. The third-order valence-electron chi connectivity index (χ3n) is 5.49. The Labute approximate surface area is 198 Å². The van der Waals surface area contributed by atoms with Gasteiger partial charge in [-0.25, -0.2) is 4.68 Å². The Kier molecular flexibility index (Phi) is 6.47. The van der Waals surface area contributed by atoms with Gasteiger partial charge in [0.15, 0.2) is 23.0 Å². The maximum Gasteiger partial charge on any atom is 0.161 e. The lowest BCUT2D eigenvalue weighted by molar-refractivity contribution is 0.355. The van der Waals surface area contributed by atoms with Crippen LogP contribution in [0.15, 0.2) is 60.7 Å². The Balaban J connectivity index is 1.97. The first-order chi connectivity index (χ1) is 16.0. The molecule has 0 aliphatic carbocycles. The number of ether oxygens (including phenoxy) is 4. The van der Waals surface area contributed by atoms with Crippen molar-refractivity contribution in [3.8, 4) is 51.2 Å². The molecule has 0 bridgehead atoms. The molecule has 6 nitrogen and oxygen atoms in total. The number of methoxy groups -OCH3 is 4. The Bertz CT molecular complexity index is 1300. The van der Waals surface area contributed by atoms with Crippen LogP contribution in [0.3, 0.4) is 0 Å². The topological polar surface area (TPSA) is 54.7 Å². The average Bonchev–Trinajstić information content (AvgIpc) is 3.20. The molecule has 0 unspecified atom stereocenters. The fourth-order valence-electron chi connectivity index (χ4n) is 3.87. The quantitative estimate of drug-likeness (QED) is 0.326. The van der Waals surface area contributed by atoms with Crippen molar-refractivity contribution in [2.45, 2.75) is 6.92 Å². The van der Waals surface area contributed by atoms with Gasteiger partial charge in [-0.2, -0.15) is 5.10 Å². The summed E-state index contributed by atoms with van der Waals surface area (Å²) in [5.41, 5.74) is 5.43. The van der Waals surface area contributed by atoms with Crippen LogP contribution in [0.25, 0.3) is 28.2 Å². The van der Waals surface area contributed by atoms with Gasteiger partial charge in [-0.1, -0.05) is 17.7 Å². The smallest absolute Gasteiger partial charge is 0.161 e. The highest BCUT2D eigenvalue weighted by molar-refractivity contribution is 6.30. The van der Waals surface area contributed by atoms with Gasteiger partial charge in [0.1, 0.15) is 0 Å². The molecule has 0 saturated carbocycles. The number of rotatable bonds is 7. The Hall–Kier alpha value is -3.64. The van der Waals surface area contributed by atoms with E-state index in [9.17, 15) is 0 Å². The van der Waals surface area contributed by atoms with Gasteiger partial charge in [-0.3, -0.25) is 0 Å². The molecule has 4 rings (SSSR count). The van der Waals surface area contributed by atoms with Crippen molar-refractivity contribution in [2.75, 3.05) is 28.4 Å². The molecule has 0 amide bonds. The highest BCUT2D eigenvalue weighted by Gasteiger charge is 2.21. The fraction of sp³-hybridized carbons (Fsp3) is 0.192. The van der Waals surface area contributed by atoms with Gasteiger partial charge in [-0.15, -0.1) is 0 Å². The number of halogens is 1. The number of aromatic nitrogens is 2. The van der Waals surface area contributed by atoms with E-state index in [0.29, 0.717) is 28.0 Å². The molecule has 0 aliphatic rings. The molecule has 7 heteroatoms. The van der Waals surface area contributed by atoms with E-state index in [4.69, 9.17) is 35.6 Å². The Morgan fingerprint density at radius 1 is 0.697 bits per heavy atom. The van der Waals surface area contributed by atoms with E-state index in [1.807, 2.05) is 72.3 Å². The fourth-order valence-corrected chi connectivity index (χ4v) is 4.06. The predicted molar refractivity (Wildman–Crippen MR) is 130 cm³/mol. The minimum absolute atomic E-state index is 0.631. The van der Waals surface area contributed by atoms with E-state index in [2.05, 4.69) is 0 Å². The molecule has 3 aromatic carbocycles. The second-order valence-corrected chi connectivity index (χ2v) is 7.79. The molecule has 1 aromatic heterocycles. The number of nitrogens with zero attached hydrogens (tertiary/aromatic N) is 2. The minimum Gasteiger partial charge on any atom is -0.493 e. The lowest BCUT2D eigenvalue weighted by Crippen LogP contribution is -2.00. The van der Waals surface area contributed by atoms with Crippen LogP contribution in [0.5, 0.6) is 23.0 Å². The molecular weight excluding hydrogens is 440 g/mol. The summed E-state index contributed by atoms with van der Waals surface area (Å²) in [6, 6.07) is 19.2. The zero-order valence-electron chi connectivity index (χ0n) is 19.2. The largest absolute Gasteiger partial charge is 0.493 e. The van der Waals surface area contributed by atoms with Gasteiger partial charge < -0.3 is 18.9 Å². The van der Waals surface area contributed by atoms with Gasteiger partial charge in [0.05, 0.1) is 45.5 Å². The van der Waals surface area contributed by atoms with Crippen LogP contribution in [0.4, 0.5) is 0 Å². The number of benzene rings is 3. The summed E-state index contributed by atoms with van der Waals surface area (Å²) in [5, 5.41) is 5.62. The van der Waals surface area contributed by atoms with Crippen LogP contribution in [-0.4, -0.2) is 38.2 Å². The Morgan fingerprint density at radius 2 is 1.27 bits per heavy atom. The summed E-state index contributed by atoms with van der Waals surface area (Å²) >= 11 is 6.31. The molecule has 0 N–H and O–H groups in total. The summed E-state index contributed by atoms with van der Waals surface area (Å²) in [7, 11) is 6.48. The molecule has 0 atom stereocenters. The average molecular weight is 465 g/mol. The van der Waals surface area contributed by atoms with Crippen LogP contribution in [-0.2, 0) is 0 Å². The Morgan fingerprint density at radius 3 is 1.85 bits per heavy atom. The third-order valence-corrected chi connectivity index (χ3v) is 5.72. The highest BCUT2D eigenvalue weighted by atomic mass is 35.5. The van der Waals surface area contributed by atoms with Gasteiger partial charge in [0, 0.05) is 21.7 Å². The van der Waals surface area contributed by atoms with E-state index in [-0.39, 0.29) is 0 Å². The first kappa shape index (κ1) is 22.6. The van der Waals surface area contributed by atoms with Crippen molar-refractivity contribution in [2.24, 2.45) is 0 Å². The summed E-state index contributed by atoms with van der Waals surface area (Å²) in [4.78, 5) is 0. The van der Waals surface area contributed by atoms with Gasteiger partial charge in [0.25, 0.3) is 0 Å². The van der Waals surface area contributed by atoms with Gasteiger partial charge >= 0.3 is 0 Å². The van der Waals surface area contributed by atoms with E-state index in [1.54, 1.807) is 28.4 Å². The second kappa shape index (κ2) is 9.46. The number of hydrogen-bond acceptors (Lipinski definition) is 5. The van der Waals surface area contributed by atoms with Crippen molar-refractivity contribution in [3.05, 3.63) is 71.2 Å². The van der Waals surface area contributed by atoms with Crippen molar-refractivity contribution in [3.63, 3.8) is 0 Å². The molecule has 0 spiro atoms. The standard InChI is InChI=1S/C26H25ClN2O4/c1-16-25(17-9-11-21(30-2)23(13-17)32-4)28-29(20-8-6-7-19(27)15-20)26(16)18-10-12-22(31-3)24(14-18)33-5/h6-15H,1-5H3. The lowest BCUT2D eigenvalue weighted by Gasteiger charge is -2.12. The molecule has 4 aromatic rings. The molecular formula is C26H25ClN2O4. The van der Waals surface area contributed by atoms with E-state index < -0.39 is 0 Å². The lowest BCUT2D eigenvalue weighted by atomic mass is 10.0. The summed E-state index contributed by atoms with van der Waals surface area (Å²) in [6.45, 7) is 2.05. The van der Waals surface area contributed by atoms with Crippen molar-refractivity contribution in [1.82, 2.24) is 9.78 Å². The predicted octanol–water partition coefficient (Wildman–Crippen LogP) is 6.20. The zero-order valence-corrected chi connectivity index (χ0v) is 19.9. The monoisotopic (exact) mass is 464 g/mol. The zero-order chi connectivity index (χ0) is 23.5. The molecule has 0 saturated heterocycles. The van der Waals surface area contributed by atoms with Crippen LogP contribution < -0.4 is 18.9 Å². The second-order valence-electron chi connectivity index (χ2n) is 7.35. The van der Waals surface area contributed by atoms with E-state index >= 15 is 0 Å². The maximum absolute atomic E-state index is 6.31. The highest BCUT2D eigenvalue weighted by Crippen LogP contribution is 2.39. The van der Waals surface area contributed by atoms with E-state index in [0.717, 1.165) is 33.8 Å². The van der Waals surface area contributed by atoms with Crippen LogP contribution >= 0.6 is 11.6 Å². The third kappa shape index (κ3) is 4.22. The SMILES string of the molecule is COc1ccc(-c2nn(-c3cccc(Cl)c3)c(-c3ccc(OC)c(OC)c3)c2C)cc1OC. The molecule has 0 aliphatic heterocycles. The summed E-state index contributed by atoms with van der Waals surface area (Å²) in [5.74, 6) is 2.60. The van der Waals surface area contributed by atoms with Gasteiger partial charge in [0.2, 0.25) is 0 Å². The summed E-state index contributed by atoms with van der Waals surface area (Å²) in [6.07, 6.45) is 0. The molecule has 0 fully saturated rings. The molecule has 33 heavy (non-hydrogen) atoms. The van der Waals surface area contributed by atoms with E-state index in [1.165, 1.54) is 0 Å². The first-order valence-corrected chi connectivity index (χ1v) is 10.7. The van der Waals surface area contributed by atoms with Crippen molar-refractivity contribution < 1.29 is 18.9 Å². The summed E-state index contributed by atoms with van der Waals surface area (Å²) < 4.78 is 23.8. The maximum atomic E-state index is 6.31. The van der Waals surface area contributed by atoms with Crippen LogP contribution in [0.2, 0.25) is 5.02 Å². The molecule has 0 radical (unpaired) electrons.